The van der Waals surface area contributed by atoms with Crippen molar-refractivity contribution in [2.45, 2.75) is 18.9 Å². The number of carbonyl (C=O) groups is 2. The number of hydrogen-bond donors (Lipinski definition) is 2. The van der Waals surface area contributed by atoms with Crippen LogP contribution in [-0.2, 0) is 4.79 Å². The Bertz CT molecular complexity index is 1310. The van der Waals surface area contributed by atoms with Gasteiger partial charge in [-0.3, -0.25) is 10.1 Å². The normalized spacial score (nSPS) is 10.8. The van der Waals surface area contributed by atoms with E-state index in [1.165, 1.54) is 30.2 Å². The molecule has 8 nitrogen and oxygen atoms in total. The van der Waals surface area contributed by atoms with E-state index in [-0.39, 0.29) is 11.6 Å². The second-order valence-electron chi connectivity index (χ2n) is 6.99. The molecular formula is C22H19FN6O2S. The fourth-order valence-corrected chi connectivity index (χ4v) is 3.81. The molecule has 10 heteroatoms. The maximum Gasteiger partial charge on any atom is 0.325 e. The van der Waals surface area contributed by atoms with Crippen molar-refractivity contribution < 1.29 is 14.0 Å². The third-order valence-electron chi connectivity index (χ3n) is 4.85. The second-order valence-corrected chi connectivity index (χ2v) is 7.95. The standard InChI is InChI=1S/C22H19FN6O2S/c1-13-4-3-5-18(14(13)2)27-22(31)28-19(30)11-32-21-17-10-26-29(20(17)24-12-25-21)16-8-6-15(23)7-9-16/h3-10,12H,11H2,1-2H3,(H2,27,28,30,31). The largest absolute Gasteiger partial charge is 0.325 e. The molecule has 2 N–H and O–H groups in total. The zero-order chi connectivity index (χ0) is 22.7. The summed E-state index contributed by atoms with van der Waals surface area (Å²) in [5.74, 6) is -0.826. The lowest BCUT2D eigenvalue weighted by Gasteiger charge is -2.10. The van der Waals surface area contributed by atoms with Gasteiger partial charge in [0.1, 0.15) is 17.2 Å². The molecule has 0 saturated carbocycles. The first-order chi connectivity index (χ1) is 15.4. The molecule has 32 heavy (non-hydrogen) atoms. The molecular weight excluding hydrogens is 431 g/mol. The van der Waals surface area contributed by atoms with E-state index in [2.05, 4.69) is 25.7 Å². The molecule has 2 aromatic carbocycles. The van der Waals surface area contributed by atoms with E-state index >= 15 is 0 Å². The highest BCUT2D eigenvalue weighted by molar-refractivity contribution is 8.00. The van der Waals surface area contributed by atoms with Gasteiger partial charge in [-0.05, 0) is 55.3 Å². The molecule has 0 spiro atoms. The van der Waals surface area contributed by atoms with E-state index in [1.54, 1.807) is 29.1 Å². The number of urea groups is 1. The Hall–Kier alpha value is -3.79. The Balaban J connectivity index is 1.41. The monoisotopic (exact) mass is 450 g/mol. The van der Waals surface area contributed by atoms with E-state index in [0.717, 1.165) is 11.1 Å². The fraction of sp³-hybridized carbons (Fsp3) is 0.136. The summed E-state index contributed by atoms with van der Waals surface area (Å²) < 4.78 is 14.8. The molecule has 0 aliphatic rings. The molecule has 0 unspecified atom stereocenters. The Kier molecular flexibility index (Phi) is 6.13. The summed E-state index contributed by atoms with van der Waals surface area (Å²) in [5.41, 5.74) is 3.80. The lowest BCUT2D eigenvalue weighted by molar-refractivity contribution is -0.117. The van der Waals surface area contributed by atoms with Crippen molar-refractivity contribution in [1.82, 2.24) is 25.1 Å². The van der Waals surface area contributed by atoms with Gasteiger partial charge >= 0.3 is 6.03 Å². The highest BCUT2D eigenvalue weighted by Crippen LogP contribution is 2.25. The van der Waals surface area contributed by atoms with E-state index in [1.807, 2.05) is 26.0 Å². The van der Waals surface area contributed by atoms with Crippen LogP contribution in [0.15, 0.2) is 60.0 Å². The van der Waals surface area contributed by atoms with Gasteiger partial charge in [0.15, 0.2) is 5.65 Å². The molecule has 0 radical (unpaired) electrons. The summed E-state index contributed by atoms with van der Waals surface area (Å²) in [6, 6.07) is 10.8. The third-order valence-corrected chi connectivity index (χ3v) is 5.85. The van der Waals surface area contributed by atoms with Crippen LogP contribution in [0.2, 0.25) is 0 Å². The maximum atomic E-state index is 13.2. The van der Waals surface area contributed by atoms with Gasteiger partial charge in [-0.15, -0.1) is 0 Å². The molecule has 0 aliphatic carbocycles. The number of halogens is 1. The molecule has 4 rings (SSSR count). The molecule has 0 saturated heterocycles. The van der Waals surface area contributed by atoms with Gasteiger partial charge in [-0.1, -0.05) is 23.9 Å². The number of amides is 3. The number of rotatable bonds is 5. The van der Waals surface area contributed by atoms with Gasteiger partial charge in [-0.2, -0.15) is 5.10 Å². The molecule has 2 aromatic heterocycles. The Morgan fingerprint density at radius 3 is 2.66 bits per heavy atom. The first kappa shape index (κ1) is 21.4. The summed E-state index contributed by atoms with van der Waals surface area (Å²) in [7, 11) is 0. The zero-order valence-corrected chi connectivity index (χ0v) is 18.1. The summed E-state index contributed by atoms with van der Waals surface area (Å²) >= 11 is 1.17. The van der Waals surface area contributed by atoms with Crippen LogP contribution in [-0.4, -0.2) is 37.4 Å². The fourth-order valence-electron chi connectivity index (χ4n) is 3.05. The molecule has 0 bridgehead atoms. The predicted octanol–water partition coefficient (Wildman–Crippen LogP) is 4.01. The van der Waals surface area contributed by atoms with Crippen molar-refractivity contribution in [1.29, 1.82) is 0 Å². The first-order valence-electron chi connectivity index (χ1n) is 9.67. The van der Waals surface area contributed by atoms with E-state index in [0.29, 0.717) is 27.4 Å². The number of nitrogens with one attached hydrogen (secondary N) is 2. The average molecular weight is 450 g/mol. The Labute approximate surface area is 187 Å². The highest BCUT2D eigenvalue weighted by atomic mass is 32.2. The van der Waals surface area contributed by atoms with Crippen molar-refractivity contribution in [2.75, 3.05) is 11.1 Å². The molecule has 3 amide bonds. The minimum atomic E-state index is -0.596. The van der Waals surface area contributed by atoms with Gasteiger partial charge in [-0.25, -0.2) is 23.8 Å². The van der Waals surface area contributed by atoms with Crippen LogP contribution in [0.4, 0.5) is 14.9 Å². The van der Waals surface area contributed by atoms with Crippen LogP contribution < -0.4 is 10.6 Å². The van der Waals surface area contributed by atoms with E-state index in [4.69, 9.17) is 0 Å². The molecule has 0 aliphatic heterocycles. The van der Waals surface area contributed by atoms with E-state index in [9.17, 15) is 14.0 Å². The van der Waals surface area contributed by atoms with Crippen LogP contribution in [0.25, 0.3) is 16.7 Å². The van der Waals surface area contributed by atoms with Crippen molar-refractivity contribution >= 4 is 40.4 Å². The molecule has 0 fully saturated rings. The average Bonchev–Trinajstić information content (AvgIpc) is 3.21. The predicted molar refractivity (Wildman–Crippen MR) is 120 cm³/mol. The summed E-state index contributed by atoms with van der Waals surface area (Å²) in [6.07, 6.45) is 2.96. The second kappa shape index (κ2) is 9.15. The van der Waals surface area contributed by atoms with Crippen LogP contribution in [0.3, 0.4) is 0 Å². The number of nitrogens with zero attached hydrogens (tertiary/aromatic N) is 4. The number of aryl methyl sites for hydroxylation is 1. The summed E-state index contributed by atoms with van der Waals surface area (Å²) in [4.78, 5) is 32.9. The van der Waals surface area contributed by atoms with Gasteiger partial charge in [0.2, 0.25) is 5.91 Å². The van der Waals surface area contributed by atoms with Gasteiger partial charge in [0.25, 0.3) is 0 Å². The van der Waals surface area contributed by atoms with E-state index < -0.39 is 11.9 Å². The number of imide groups is 1. The third kappa shape index (κ3) is 4.59. The highest BCUT2D eigenvalue weighted by Gasteiger charge is 2.15. The van der Waals surface area contributed by atoms with Gasteiger partial charge in [0, 0.05) is 5.69 Å². The quantitative estimate of drug-likeness (QED) is 0.352. The smallest absolute Gasteiger partial charge is 0.307 e. The number of benzene rings is 2. The van der Waals surface area contributed by atoms with Crippen LogP contribution in [0, 0.1) is 19.7 Å². The Morgan fingerprint density at radius 2 is 1.88 bits per heavy atom. The number of aromatic nitrogens is 4. The number of carbonyl (C=O) groups excluding carboxylic acids is 2. The number of fused-ring (bicyclic) bond motifs is 1. The van der Waals surface area contributed by atoms with Crippen molar-refractivity contribution in [3.8, 4) is 5.69 Å². The molecule has 4 aromatic rings. The maximum absolute atomic E-state index is 13.2. The van der Waals surface area contributed by atoms with Gasteiger partial charge < -0.3 is 5.32 Å². The number of thioether (sulfide) groups is 1. The topological polar surface area (TPSA) is 102 Å². The lowest BCUT2D eigenvalue weighted by Crippen LogP contribution is -2.35. The Morgan fingerprint density at radius 1 is 1.09 bits per heavy atom. The lowest BCUT2D eigenvalue weighted by atomic mass is 10.1. The first-order valence-corrected chi connectivity index (χ1v) is 10.7. The van der Waals surface area contributed by atoms with Crippen LogP contribution >= 0.6 is 11.8 Å². The SMILES string of the molecule is Cc1cccc(NC(=O)NC(=O)CSc2ncnc3c2cnn3-c2ccc(F)cc2)c1C. The minimum Gasteiger partial charge on any atom is -0.307 e. The summed E-state index contributed by atoms with van der Waals surface area (Å²) in [6.45, 7) is 3.84. The number of anilines is 1. The van der Waals surface area contributed by atoms with Gasteiger partial charge in [0.05, 0.1) is 23.0 Å². The zero-order valence-electron chi connectivity index (χ0n) is 17.3. The molecule has 0 atom stereocenters. The minimum absolute atomic E-state index is 0.0198. The van der Waals surface area contributed by atoms with Crippen LogP contribution in [0.5, 0.6) is 0 Å². The van der Waals surface area contributed by atoms with Crippen molar-refractivity contribution in [2.24, 2.45) is 0 Å². The molecule has 162 valence electrons. The molecule has 2 heterocycles. The summed E-state index contributed by atoms with van der Waals surface area (Å²) in [5, 5.41) is 10.5. The van der Waals surface area contributed by atoms with Crippen LogP contribution in [0.1, 0.15) is 11.1 Å². The van der Waals surface area contributed by atoms with Crippen molar-refractivity contribution in [3.63, 3.8) is 0 Å². The number of hydrogen-bond acceptors (Lipinski definition) is 6. The van der Waals surface area contributed by atoms with Crippen molar-refractivity contribution in [3.05, 3.63) is 71.9 Å².